The third kappa shape index (κ3) is 3.89. The molecule has 120 valence electrons. The number of amides is 1. The standard InChI is InChI=1S/C17H16BrFN2O2/c18-13-3-1-2-12(10-13)17(22)20-16-11-14(4-5-15(16)19)21-6-8-23-9-7-21/h1-5,10-11H,6-9H2,(H,20,22). The van der Waals surface area contributed by atoms with Gasteiger partial charge in [-0.3, -0.25) is 4.79 Å². The number of halogens is 2. The summed E-state index contributed by atoms with van der Waals surface area (Å²) in [5.41, 5.74) is 1.52. The molecule has 0 unspecified atom stereocenters. The van der Waals surface area contributed by atoms with E-state index in [0.29, 0.717) is 18.8 Å². The van der Waals surface area contributed by atoms with E-state index in [1.54, 1.807) is 30.3 Å². The second-order valence-electron chi connectivity index (χ2n) is 5.23. The van der Waals surface area contributed by atoms with E-state index in [1.165, 1.54) is 6.07 Å². The summed E-state index contributed by atoms with van der Waals surface area (Å²) in [4.78, 5) is 14.4. The highest BCUT2D eigenvalue weighted by molar-refractivity contribution is 9.10. The first-order valence-corrected chi connectivity index (χ1v) is 8.12. The van der Waals surface area contributed by atoms with E-state index in [2.05, 4.69) is 26.1 Å². The van der Waals surface area contributed by atoms with E-state index in [-0.39, 0.29) is 11.6 Å². The maximum absolute atomic E-state index is 14.0. The van der Waals surface area contributed by atoms with Crippen LogP contribution in [-0.2, 0) is 4.74 Å². The minimum Gasteiger partial charge on any atom is -0.378 e. The van der Waals surface area contributed by atoms with Gasteiger partial charge in [-0.2, -0.15) is 0 Å². The molecule has 1 saturated heterocycles. The van der Waals surface area contributed by atoms with Gasteiger partial charge in [0.15, 0.2) is 0 Å². The van der Waals surface area contributed by atoms with Gasteiger partial charge >= 0.3 is 0 Å². The third-order valence-corrected chi connectivity index (χ3v) is 4.15. The van der Waals surface area contributed by atoms with Crippen molar-refractivity contribution in [1.29, 1.82) is 0 Å². The lowest BCUT2D eigenvalue weighted by Gasteiger charge is -2.29. The van der Waals surface area contributed by atoms with Crippen LogP contribution in [0, 0.1) is 5.82 Å². The molecule has 4 nitrogen and oxygen atoms in total. The van der Waals surface area contributed by atoms with Gasteiger partial charge in [0, 0.05) is 28.8 Å². The van der Waals surface area contributed by atoms with Crippen LogP contribution in [0.5, 0.6) is 0 Å². The van der Waals surface area contributed by atoms with Gasteiger partial charge in [-0.1, -0.05) is 22.0 Å². The Morgan fingerprint density at radius 3 is 2.70 bits per heavy atom. The molecular weight excluding hydrogens is 363 g/mol. The fourth-order valence-electron chi connectivity index (χ4n) is 2.45. The van der Waals surface area contributed by atoms with Crippen LogP contribution >= 0.6 is 15.9 Å². The highest BCUT2D eigenvalue weighted by atomic mass is 79.9. The zero-order valence-electron chi connectivity index (χ0n) is 12.4. The fourth-order valence-corrected chi connectivity index (χ4v) is 2.85. The zero-order chi connectivity index (χ0) is 16.2. The van der Waals surface area contributed by atoms with Crippen molar-refractivity contribution in [3.63, 3.8) is 0 Å². The van der Waals surface area contributed by atoms with Gasteiger partial charge in [0.25, 0.3) is 5.91 Å². The van der Waals surface area contributed by atoms with Crippen molar-refractivity contribution < 1.29 is 13.9 Å². The molecule has 6 heteroatoms. The maximum atomic E-state index is 14.0. The number of hydrogen-bond acceptors (Lipinski definition) is 3. The summed E-state index contributed by atoms with van der Waals surface area (Å²) in [6.07, 6.45) is 0. The van der Waals surface area contributed by atoms with E-state index in [0.717, 1.165) is 23.2 Å². The van der Waals surface area contributed by atoms with E-state index in [9.17, 15) is 9.18 Å². The van der Waals surface area contributed by atoms with Crippen LogP contribution in [0.3, 0.4) is 0 Å². The number of rotatable bonds is 3. The SMILES string of the molecule is O=C(Nc1cc(N2CCOCC2)ccc1F)c1cccc(Br)c1. The summed E-state index contributed by atoms with van der Waals surface area (Å²) in [7, 11) is 0. The number of nitrogens with one attached hydrogen (secondary N) is 1. The quantitative estimate of drug-likeness (QED) is 0.885. The molecule has 2 aromatic rings. The number of ether oxygens (including phenoxy) is 1. The molecule has 23 heavy (non-hydrogen) atoms. The second-order valence-corrected chi connectivity index (χ2v) is 6.14. The number of morpholine rings is 1. The average molecular weight is 379 g/mol. The van der Waals surface area contributed by atoms with E-state index in [4.69, 9.17) is 4.74 Å². The molecular formula is C17H16BrFN2O2. The Bertz CT molecular complexity index is 717. The molecule has 2 aromatic carbocycles. The van der Waals surface area contributed by atoms with Crippen molar-refractivity contribution in [2.75, 3.05) is 36.5 Å². The Kier molecular flexibility index (Phi) is 4.93. The van der Waals surface area contributed by atoms with Crippen LogP contribution < -0.4 is 10.2 Å². The molecule has 1 aliphatic heterocycles. The van der Waals surface area contributed by atoms with Crippen LogP contribution in [-0.4, -0.2) is 32.2 Å². The molecule has 1 amide bonds. The number of carbonyl (C=O) groups excluding carboxylic acids is 1. The molecule has 0 aliphatic carbocycles. The summed E-state index contributed by atoms with van der Waals surface area (Å²) in [6, 6.07) is 11.7. The molecule has 0 saturated carbocycles. The third-order valence-electron chi connectivity index (χ3n) is 3.66. The van der Waals surface area contributed by atoms with E-state index >= 15 is 0 Å². The highest BCUT2D eigenvalue weighted by Crippen LogP contribution is 2.24. The Labute approximate surface area is 142 Å². The summed E-state index contributed by atoms with van der Waals surface area (Å²) in [5, 5.41) is 2.64. The lowest BCUT2D eigenvalue weighted by Crippen LogP contribution is -2.36. The molecule has 0 atom stereocenters. The van der Waals surface area contributed by atoms with Crippen molar-refractivity contribution in [2.45, 2.75) is 0 Å². The summed E-state index contributed by atoms with van der Waals surface area (Å²) >= 11 is 3.32. The minimum atomic E-state index is -0.453. The van der Waals surface area contributed by atoms with Gasteiger partial charge in [-0.15, -0.1) is 0 Å². The van der Waals surface area contributed by atoms with Crippen molar-refractivity contribution >= 4 is 33.2 Å². The van der Waals surface area contributed by atoms with Crippen LogP contribution in [0.4, 0.5) is 15.8 Å². The Morgan fingerprint density at radius 2 is 1.96 bits per heavy atom. The summed E-state index contributed by atoms with van der Waals surface area (Å²) in [5.74, 6) is -0.797. The van der Waals surface area contributed by atoms with Gasteiger partial charge in [0.1, 0.15) is 5.82 Å². The first kappa shape index (κ1) is 16.0. The Morgan fingerprint density at radius 1 is 1.17 bits per heavy atom. The van der Waals surface area contributed by atoms with Gasteiger partial charge in [0.2, 0.25) is 0 Å². The van der Waals surface area contributed by atoms with Gasteiger partial charge < -0.3 is 15.0 Å². The van der Waals surface area contributed by atoms with Crippen LogP contribution in [0.15, 0.2) is 46.9 Å². The number of carbonyl (C=O) groups is 1. The molecule has 0 bridgehead atoms. The predicted molar refractivity (Wildman–Crippen MR) is 91.5 cm³/mol. The Balaban J connectivity index is 1.80. The number of hydrogen-bond donors (Lipinski definition) is 1. The molecule has 0 spiro atoms. The molecule has 1 aliphatic rings. The summed E-state index contributed by atoms with van der Waals surface area (Å²) in [6.45, 7) is 2.81. The number of nitrogens with zero attached hydrogens (tertiary/aromatic N) is 1. The molecule has 1 fully saturated rings. The zero-order valence-corrected chi connectivity index (χ0v) is 14.0. The van der Waals surface area contributed by atoms with Crippen molar-refractivity contribution in [2.24, 2.45) is 0 Å². The van der Waals surface area contributed by atoms with Crippen molar-refractivity contribution in [3.05, 3.63) is 58.3 Å². The summed E-state index contributed by atoms with van der Waals surface area (Å²) < 4.78 is 20.1. The van der Waals surface area contributed by atoms with Crippen LogP contribution in [0.1, 0.15) is 10.4 Å². The molecule has 0 aromatic heterocycles. The Hall–Kier alpha value is -1.92. The fraction of sp³-hybridized carbons (Fsp3) is 0.235. The predicted octanol–water partition coefficient (Wildman–Crippen LogP) is 3.68. The monoisotopic (exact) mass is 378 g/mol. The smallest absolute Gasteiger partial charge is 0.255 e. The van der Waals surface area contributed by atoms with Crippen molar-refractivity contribution in [3.8, 4) is 0 Å². The second kappa shape index (κ2) is 7.10. The molecule has 1 heterocycles. The maximum Gasteiger partial charge on any atom is 0.255 e. The lowest BCUT2D eigenvalue weighted by atomic mass is 10.2. The molecule has 1 N–H and O–H groups in total. The van der Waals surface area contributed by atoms with Gasteiger partial charge in [-0.05, 0) is 36.4 Å². The largest absolute Gasteiger partial charge is 0.378 e. The minimum absolute atomic E-state index is 0.180. The van der Waals surface area contributed by atoms with E-state index in [1.807, 2.05) is 6.07 Å². The first-order valence-electron chi connectivity index (χ1n) is 7.32. The van der Waals surface area contributed by atoms with Gasteiger partial charge in [0.05, 0.1) is 18.9 Å². The van der Waals surface area contributed by atoms with E-state index < -0.39 is 5.82 Å². The molecule has 0 radical (unpaired) electrons. The topological polar surface area (TPSA) is 41.6 Å². The molecule has 3 rings (SSSR count). The first-order chi connectivity index (χ1) is 11.1. The lowest BCUT2D eigenvalue weighted by molar-refractivity contribution is 0.102. The number of benzene rings is 2. The van der Waals surface area contributed by atoms with Crippen LogP contribution in [0.2, 0.25) is 0 Å². The van der Waals surface area contributed by atoms with Gasteiger partial charge in [-0.25, -0.2) is 4.39 Å². The van der Waals surface area contributed by atoms with Crippen molar-refractivity contribution in [1.82, 2.24) is 0 Å². The highest BCUT2D eigenvalue weighted by Gasteiger charge is 2.15. The normalized spacial score (nSPS) is 14.6. The van der Waals surface area contributed by atoms with Crippen LogP contribution in [0.25, 0.3) is 0 Å². The number of anilines is 2. The average Bonchev–Trinajstić information content (AvgIpc) is 2.57.